The van der Waals surface area contributed by atoms with Crippen LogP contribution in [0.2, 0.25) is 0 Å². The zero-order chi connectivity index (χ0) is 22.3. The van der Waals surface area contributed by atoms with Gasteiger partial charge in [0.05, 0.1) is 0 Å². The van der Waals surface area contributed by atoms with Crippen molar-refractivity contribution in [1.82, 2.24) is 25.4 Å². The van der Waals surface area contributed by atoms with Gasteiger partial charge in [0, 0.05) is 71.1 Å². The zero-order valence-corrected chi connectivity index (χ0v) is 19.7. The summed E-state index contributed by atoms with van der Waals surface area (Å²) in [6.07, 6.45) is 3.04. The Morgan fingerprint density at radius 3 is 2.62 bits per heavy atom. The van der Waals surface area contributed by atoms with E-state index in [1.54, 1.807) is 0 Å². The summed E-state index contributed by atoms with van der Waals surface area (Å²) in [6, 6.07) is 16.0. The minimum absolute atomic E-state index is 0.401. The monoisotopic (exact) mass is 435 g/mol. The number of aromatic nitrogens is 1. The molecule has 0 saturated carbocycles. The first kappa shape index (κ1) is 22.6. The van der Waals surface area contributed by atoms with Crippen molar-refractivity contribution in [3.63, 3.8) is 0 Å². The highest BCUT2D eigenvalue weighted by Gasteiger charge is 2.29. The van der Waals surface area contributed by atoms with E-state index in [1.165, 1.54) is 11.1 Å². The summed E-state index contributed by atoms with van der Waals surface area (Å²) in [5, 5.41) is 7.13. The number of aliphatic imine (C=N–C) groups is 1. The zero-order valence-electron chi connectivity index (χ0n) is 19.7. The summed E-state index contributed by atoms with van der Waals surface area (Å²) in [6.45, 7) is 9.31. The van der Waals surface area contributed by atoms with Crippen LogP contribution < -0.4 is 15.5 Å². The Balaban J connectivity index is 1.28. The topological polar surface area (TPSA) is 59.0 Å². The lowest BCUT2D eigenvalue weighted by atomic mass is 10.2. The van der Waals surface area contributed by atoms with E-state index >= 15 is 0 Å². The van der Waals surface area contributed by atoms with Crippen LogP contribution in [0.25, 0.3) is 0 Å². The van der Waals surface area contributed by atoms with Gasteiger partial charge >= 0.3 is 0 Å². The van der Waals surface area contributed by atoms with E-state index in [2.05, 4.69) is 91.7 Å². The van der Waals surface area contributed by atoms with Crippen LogP contribution in [0.1, 0.15) is 24.5 Å². The molecule has 2 N–H and O–H groups in total. The van der Waals surface area contributed by atoms with Crippen molar-refractivity contribution in [2.24, 2.45) is 4.99 Å². The molecule has 2 aliphatic heterocycles. The molecule has 0 amide bonds. The highest BCUT2D eigenvalue weighted by atomic mass is 15.3. The molecule has 2 aliphatic rings. The Kier molecular flexibility index (Phi) is 7.60. The summed E-state index contributed by atoms with van der Waals surface area (Å²) >= 11 is 0. The number of piperazine rings is 1. The van der Waals surface area contributed by atoms with Crippen LogP contribution in [0.4, 0.5) is 5.82 Å². The van der Waals surface area contributed by atoms with Gasteiger partial charge in [-0.15, -0.1) is 0 Å². The minimum atomic E-state index is 0.401. The molecule has 1 aromatic heterocycles. The molecule has 2 saturated heterocycles. The highest BCUT2D eigenvalue weighted by Crippen LogP contribution is 2.20. The summed E-state index contributed by atoms with van der Waals surface area (Å²) in [4.78, 5) is 16.3. The molecule has 0 radical (unpaired) electrons. The Hall–Kier alpha value is -2.64. The van der Waals surface area contributed by atoms with Crippen molar-refractivity contribution >= 4 is 11.8 Å². The fourth-order valence-electron chi connectivity index (χ4n) is 4.59. The van der Waals surface area contributed by atoms with E-state index in [-0.39, 0.29) is 0 Å². The SMILES string of the molecule is CN=C(NCc1ccnc(N2CCN(C)CC2)c1)NC1CC(C)N(Cc2ccccc2)C1. The number of nitrogens with one attached hydrogen (secondary N) is 2. The number of hydrogen-bond donors (Lipinski definition) is 2. The molecule has 0 bridgehead atoms. The van der Waals surface area contributed by atoms with Crippen LogP contribution in [0.3, 0.4) is 0 Å². The lowest BCUT2D eigenvalue weighted by Crippen LogP contribution is -2.45. The first-order valence-corrected chi connectivity index (χ1v) is 11.7. The van der Waals surface area contributed by atoms with Gasteiger partial charge in [-0.1, -0.05) is 30.3 Å². The van der Waals surface area contributed by atoms with E-state index in [1.807, 2.05) is 13.2 Å². The van der Waals surface area contributed by atoms with Crippen molar-refractivity contribution < 1.29 is 0 Å². The molecule has 3 heterocycles. The molecule has 32 heavy (non-hydrogen) atoms. The third kappa shape index (κ3) is 5.99. The Morgan fingerprint density at radius 1 is 1.09 bits per heavy atom. The van der Waals surface area contributed by atoms with E-state index < -0.39 is 0 Å². The molecular formula is C25H37N7. The van der Waals surface area contributed by atoms with Gasteiger partial charge in [0.25, 0.3) is 0 Å². The molecule has 2 fully saturated rings. The fraction of sp³-hybridized carbons (Fsp3) is 0.520. The Morgan fingerprint density at radius 2 is 1.88 bits per heavy atom. The second-order valence-corrected chi connectivity index (χ2v) is 9.08. The molecule has 2 atom stereocenters. The predicted molar refractivity (Wildman–Crippen MR) is 132 cm³/mol. The molecule has 2 unspecified atom stereocenters. The Labute approximate surface area is 192 Å². The molecule has 7 heteroatoms. The van der Waals surface area contributed by atoms with Crippen LogP contribution in [-0.2, 0) is 13.1 Å². The number of hydrogen-bond acceptors (Lipinski definition) is 5. The summed E-state index contributed by atoms with van der Waals surface area (Å²) in [5.74, 6) is 1.93. The lowest BCUT2D eigenvalue weighted by Gasteiger charge is -2.33. The van der Waals surface area contributed by atoms with E-state index in [0.29, 0.717) is 12.1 Å². The van der Waals surface area contributed by atoms with Crippen molar-refractivity contribution in [3.8, 4) is 0 Å². The van der Waals surface area contributed by atoms with Crippen molar-refractivity contribution in [1.29, 1.82) is 0 Å². The maximum atomic E-state index is 4.60. The van der Waals surface area contributed by atoms with Gasteiger partial charge < -0.3 is 20.4 Å². The van der Waals surface area contributed by atoms with Crippen LogP contribution in [0.5, 0.6) is 0 Å². The van der Waals surface area contributed by atoms with Gasteiger partial charge in [0.2, 0.25) is 0 Å². The maximum Gasteiger partial charge on any atom is 0.191 e. The molecule has 1 aromatic carbocycles. The van der Waals surface area contributed by atoms with Crippen LogP contribution in [-0.4, -0.2) is 79.6 Å². The van der Waals surface area contributed by atoms with E-state index in [4.69, 9.17) is 0 Å². The molecule has 4 rings (SSSR count). The van der Waals surface area contributed by atoms with Gasteiger partial charge in [-0.25, -0.2) is 4.98 Å². The number of likely N-dealkylation sites (tertiary alicyclic amines) is 1. The summed E-state index contributed by atoms with van der Waals surface area (Å²) in [5.41, 5.74) is 2.60. The highest BCUT2D eigenvalue weighted by molar-refractivity contribution is 5.80. The quantitative estimate of drug-likeness (QED) is 0.536. The predicted octanol–water partition coefficient (Wildman–Crippen LogP) is 2.16. The number of pyridine rings is 1. The largest absolute Gasteiger partial charge is 0.354 e. The first-order valence-electron chi connectivity index (χ1n) is 11.7. The van der Waals surface area contributed by atoms with Crippen LogP contribution >= 0.6 is 0 Å². The van der Waals surface area contributed by atoms with Gasteiger partial charge in [0.15, 0.2) is 5.96 Å². The maximum absolute atomic E-state index is 4.60. The number of likely N-dealkylation sites (N-methyl/N-ethyl adjacent to an activating group) is 1. The van der Waals surface area contributed by atoms with E-state index in [9.17, 15) is 0 Å². The third-order valence-corrected chi connectivity index (χ3v) is 6.59. The number of rotatable bonds is 6. The molecular weight excluding hydrogens is 398 g/mol. The normalized spacial score (nSPS) is 22.8. The molecule has 7 nitrogen and oxygen atoms in total. The average molecular weight is 436 g/mol. The molecule has 0 spiro atoms. The van der Waals surface area contributed by atoms with Crippen molar-refractivity contribution in [2.45, 2.75) is 38.5 Å². The lowest BCUT2D eigenvalue weighted by molar-refractivity contribution is 0.258. The van der Waals surface area contributed by atoms with Gasteiger partial charge in [-0.05, 0) is 43.7 Å². The van der Waals surface area contributed by atoms with Gasteiger partial charge in [0.1, 0.15) is 5.82 Å². The molecule has 0 aliphatic carbocycles. The second-order valence-electron chi connectivity index (χ2n) is 9.08. The Bertz CT molecular complexity index is 877. The van der Waals surface area contributed by atoms with Crippen LogP contribution in [0.15, 0.2) is 53.7 Å². The fourth-order valence-corrected chi connectivity index (χ4v) is 4.59. The minimum Gasteiger partial charge on any atom is -0.354 e. The summed E-state index contributed by atoms with van der Waals surface area (Å²) < 4.78 is 0. The number of guanidine groups is 1. The van der Waals surface area contributed by atoms with Crippen molar-refractivity contribution in [3.05, 3.63) is 59.8 Å². The van der Waals surface area contributed by atoms with E-state index in [0.717, 1.165) is 64.0 Å². The number of benzene rings is 1. The molecule has 2 aromatic rings. The first-order chi connectivity index (χ1) is 15.6. The standard InChI is InChI=1S/C25H37N7/c1-20-15-23(19-32(20)18-21-7-5-4-6-8-21)29-25(26-2)28-17-22-9-10-27-24(16-22)31-13-11-30(3)12-14-31/h4-10,16,20,23H,11-15,17-19H2,1-3H3,(H2,26,28,29). The van der Waals surface area contributed by atoms with Crippen molar-refractivity contribution in [2.75, 3.05) is 51.7 Å². The second kappa shape index (κ2) is 10.8. The summed E-state index contributed by atoms with van der Waals surface area (Å²) in [7, 11) is 4.02. The van der Waals surface area contributed by atoms with Gasteiger partial charge in [-0.3, -0.25) is 9.89 Å². The van der Waals surface area contributed by atoms with Gasteiger partial charge in [-0.2, -0.15) is 0 Å². The molecule has 172 valence electrons. The number of nitrogens with zero attached hydrogens (tertiary/aromatic N) is 5. The third-order valence-electron chi connectivity index (χ3n) is 6.59. The average Bonchev–Trinajstić information content (AvgIpc) is 3.16. The van der Waals surface area contributed by atoms with Crippen LogP contribution in [0, 0.1) is 0 Å². The smallest absolute Gasteiger partial charge is 0.191 e. The number of anilines is 1.